The zero-order valence-electron chi connectivity index (χ0n) is 8.99. The van der Waals surface area contributed by atoms with Crippen molar-refractivity contribution in [2.24, 2.45) is 0 Å². The molecule has 1 heterocycles. The molecule has 0 saturated carbocycles. The van der Waals surface area contributed by atoms with Gasteiger partial charge in [0.25, 0.3) is 0 Å². The molecule has 0 aliphatic heterocycles. The summed E-state index contributed by atoms with van der Waals surface area (Å²) in [5.41, 5.74) is 4.28. The number of aromatic nitrogens is 2. The summed E-state index contributed by atoms with van der Waals surface area (Å²) >= 11 is 0. The third-order valence-corrected chi connectivity index (χ3v) is 2.60. The lowest BCUT2D eigenvalue weighted by molar-refractivity contribution is 1.32. The van der Waals surface area contributed by atoms with Gasteiger partial charge in [0.2, 0.25) is 0 Å². The van der Waals surface area contributed by atoms with Crippen LogP contribution in [0.3, 0.4) is 0 Å². The Kier molecular flexibility index (Phi) is 2.00. The van der Waals surface area contributed by atoms with Crippen molar-refractivity contribution in [2.45, 2.75) is 6.92 Å². The standard InChI is InChI=1S/C14H11N2/c1-10-5-4-6-11(9-10)14-15-12-7-2-3-8-13(12)16-14/h2-5,7-9H,1H3,(H,15,16). The second kappa shape index (κ2) is 3.49. The summed E-state index contributed by atoms with van der Waals surface area (Å²) in [7, 11) is 0. The molecule has 1 aromatic heterocycles. The largest absolute Gasteiger partial charge is 0.338 e. The van der Waals surface area contributed by atoms with Gasteiger partial charge in [-0.2, -0.15) is 0 Å². The van der Waals surface area contributed by atoms with Crippen molar-refractivity contribution >= 4 is 11.0 Å². The van der Waals surface area contributed by atoms with E-state index in [9.17, 15) is 0 Å². The molecule has 16 heavy (non-hydrogen) atoms. The van der Waals surface area contributed by atoms with E-state index in [1.165, 1.54) is 5.56 Å². The number of fused-ring (bicyclic) bond motifs is 1. The van der Waals surface area contributed by atoms with Crippen LogP contribution in [0.25, 0.3) is 22.4 Å². The highest BCUT2D eigenvalue weighted by Crippen LogP contribution is 2.20. The molecule has 1 N–H and O–H groups in total. The van der Waals surface area contributed by atoms with Crippen molar-refractivity contribution in [3.63, 3.8) is 0 Å². The van der Waals surface area contributed by atoms with Crippen LogP contribution in [-0.2, 0) is 0 Å². The fourth-order valence-electron chi connectivity index (χ4n) is 1.80. The molecule has 3 aromatic rings. The Morgan fingerprint density at radius 2 is 2.06 bits per heavy atom. The van der Waals surface area contributed by atoms with Gasteiger partial charge in [-0.15, -0.1) is 0 Å². The van der Waals surface area contributed by atoms with E-state index in [0.29, 0.717) is 0 Å². The number of para-hydroxylation sites is 2. The van der Waals surface area contributed by atoms with Gasteiger partial charge in [-0.3, -0.25) is 0 Å². The van der Waals surface area contributed by atoms with Crippen LogP contribution in [0, 0.1) is 13.0 Å². The SMILES string of the molecule is Cc1cc[c]c(-c2nc3ccccc3[nH]2)c1. The van der Waals surface area contributed by atoms with E-state index in [-0.39, 0.29) is 0 Å². The van der Waals surface area contributed by atoms with Gasteiger partial charge in [0.05, 0.1) is 11.0 Å². The highest BCUT2D eigenvalue weighted by molar-refractivity contribution is 5.79. The number of hydrogen-bond acceptors (Lipinski definition) is 1. The zero-order chi connectivity index (χ0) is 11.0. The molecule has 0 amide bonds. The first-order valence-corrected chi connectivity index (χ1v) is 5.26. The van der Waals surface area contributed by atoms with E-state index in [4.69, 9.17) is 0 Å². The second-order valence-corrected chi connectivity index (χ2v) is 3.88. The van der Waals surface area contributed by atoms with Crippen molar-refractivity contribution in [1.82, 2.24) is 9.97 Å². The van der Waals surface area contributed by atoms with Gasteiger partial charge in [0.1, 0.15) is 5.82 Å². The molecule has 0 unspecified atom stereocenters. The molecule has 3 rings (SSSR count). The lowest BCUT2D eigenvalue weighted by atomic mass is 10.1. The Labute approximate surface area is 94.0 Å². The molecule has 0 aliphatic carbocycles. The molecular formula is C14H11N2. The molecule has 1 radical (unpaired) electrons. The Bertz CT molecular complexity index is 605. The lowest BCUT2D eigenvalue weighted by Crippen LogP contribution is -1.81. The Balaban J connectivity index is 2.19. The van der Waals surface area contributed by atoms with Crippen molar-refractivity contribution in [1.29, 1.82) is 0 Å². The number of aryl methyl sites for hydroxylation is 1. The van der Waals surface area contributed by atoms with E-state index in [0.717, 1.165) is 22.4 Å². The van der Waals surface area contributed by atoms with Crippen molar-refractivity contribution < 1.29 is 0 Å². The first kappa shape index (κ1) is 9.16. The summed E-state index contributed by atoms with van der Waals surface area (Å²) in [4.78, 5) is 7.83. The normalized spacial score (nSPS) is 10.8. The van der Waals surface area contributed by atoms with Crippen LogP contribution in [0.5, 0.6) is 0 Å². The van der Waals surface area contributed by atoms with E-state index < -0.39 is 0 Å². The number of benzene rings is 2. The quantitative estimate of drug-likeness (QED) is 0.651. The molecule has 0 bridgehead atoms. The minimum absolute atomic E-state index is 0.880. The maximum atomic E-state index is 4.54. The number of nitrogens with one attached hydrogen (secondary N) is 1. The summed E-state index contributed by atoms with van der Waals surface area (Å²) in [6.07, 6.45) is 0. The summed E-state index contributed by atoms with van der Waals surface area (Å²) in [5.74, 6) is 0.880. The van der Waals surface area contributed by atoms with Crippen LogP contribution in [0.2, 0.25) is 0 Å². The van der Waals surface area contributed by atoms with Gasteiger partial charge in [-0.05, 0) is 31.2 Å². The molecular weight excluding hydrogens is 196 g/mol. The molecule has 2 nitrogen and oxygen atoms in total. The Hall–Kier alpha value is -2.09. The number of rotatable bonds is 1. The minimum atomic E-state index is 0.880. The molecule has 0 spiro atoms. The first-order valence-electron chi connectivity index (χ1n) is 5.26. The molecule has 0 aliphatic rings. The molecule has 2 heteroatoms. The fraction of sp³-hybridized carbons (Fsp3) is 0.0714. The molecule has 0 atom stereocenters. The number of H-pyrrole nitrogens is 1. The van der Waals surface area contributed by atoms with Crippen LogP contribution in [-0.4, -0.2) is 9.97 Å². The monoisotopic (exact) mass is 207 g/mol. The number of imidazole rings is 1. The third kappa shape index (κ3) is 1.48. The summed E-state index contributed by atoms with van der Waals surface area (Å²) in [6, 6.07) is 17.3. The zero-order valence-corrected chi connectivity index (χ0v) is 8.99. The second-order valence-electron chi connectivity index (χ2n) is 3.88. The first-order chi connectivity index (χ1) is 7.83. The molecule has 77 valence electrons. The van der Waals surface area contributed by atoms with Crippen molar-refractivity contribution in [2.75, 3.05) is 0 Å². The van der Waals surface area contributed by atoms with E-state index in [2.05, 4.69) is 29.0 Å². The number of aromatic amines is 1. The van der Waals surface area contributed by atoms with Gasteiger partial charge in [0, 0.05) is 5.56 Å². The van der Waals surface area contributed by atoms with Gasteiger partial charge < -0.3 is 4.98 Å². The van der Waals surface area contributed by atoms with Crippen LogP contribution in [0.1, 0.15) is 5.56 Å². The van der Waals surface area contributed by atoms with E-state index in [1.54, 1.807) is 0 Å². The predicted molar refractivity (Wildman–Crippen MR) is 65.1 cm³/mol. The van der Waals surface area contributed by atoms with Crippen LogP contribution < -0.4 is 0 Å². The van der Waals surface area contributed by atoms with Gasteiger partial charge in [-0.1, -0.05) is 29.8 Å². The molecule has 2 aromatic carbocycles. The van der Waals surface area contributed by atoms with Crippen molar-refractivity contribution in [3.05, 3.63) is 54.1 Å². The van der Waals surface area contributed by atoms with E-state index in [1.807, 2.05) is 36.4 Å². The van der Waals surface area contributed by atoms with Gasteiger partial charge in [0.15, 0.2) is 0 Å². The van der Waals surface area contributed by atoms with Crippen LogP contribution in [0.15, 0.2) is 42.5 Å². The predicted octanol–water partition coefficient (Wildman–Crippen LogP) is 3.34. The number of nitrogens with zero attached hydrogens (tertiary/aromatic N) is 1. The minimum Gasteiger partial charge on any atom is -0.338 e. The van der Waals surface area contributed by atoms with Crippen LogP contribution in [0.4, 0.5) is 0 Å². The highest BCUT2D eigenvalue weighted by Gasteiger charge is 2.04. The summed E-state index contributed by atoms with van der Waals surface area (Å²) in [5, 5.41) is 0. The lowest BCUT2D eigenvalue weighted by Gasteiger charge is -1.96. The van der Waals surface area contributed by atoms with Gasteiger partial charge >= 0.3 is 0 Å². The Morgan fingerprint density at radius 1 is 1.19 bits per heavy atom. The van der Waals surface area contributed by atoms with Crippen LogP contribution >= 0.6 is 0 Å². The average Bonchev–Trinajstić information content (AvgIpc) is 2.72. The maximum absolute atomic E-state index is 4.54. The molecule has 0 fully saturated rings. The summed E-state index contributed by atoms with van der Waals surface area (Å²) in [6.45, 7) is 2.07. The molecule has 0 saturated heterocycles. The average molecular weight is 207 g/mol. The topological polar surface area (TPSA) is 28.7 Å². The third-order valence-electron chi connectivity index (χ3n) is 2.60. The Morgan fingerprint density at radius 3 is 2.88 bits per heavy atom. The highest BCUT2D eigenvalue weighted by atomic mass is 14.9. The smallest absolute Gasteiger partial charge is 0.139 e. The summed E-state index contributed by atoms with van der Waals surface area (Å²) < 4.78 is 0. The fourth-order valence-corrected chi connectivity index (χ4v) is 1.80. The maximum Gasteiger partial charge on any atom is 0.139 e. The van der Waals surface area contributed by atoms with Gasteiger partial charge in [-0.25, -0.2) is 4.98 Å². The van der Waals surface area contributed by atoms with Crippen molar-refractivity contribution in [3.8, 4) is 11.4 Å². The number of hydrogen-bond donors (Lipinski definition) is 1. The van der Waals surface area contributed by atoms with E-state index >= 15 is 0 Å².